The van der Waals surface area contributed by atoms with Crippen molar-refractivity contribution in [3.8, 4) is 18.2 Å². The zero-order valence-corrected chi connectivity index (χ0v) is 8.41. The number of nitrogens with two attached hydrogens (primary N) is 1. The largest absolute Gasteiger partial charge is 0.456 e. The molecule has 0 saturated carbocycles. The van der Waals surface area contributed by atoms with Gasteiger partial charge < -0.3 is 4.74 Å². The number of anilines is 1. The number of nitrogen functional groups attached to an aromatic ring is 1. The molecular weight excluding hydrogens is 199 g/mol. The molecule has 0 amide bonds. The molecule has 6 heteroatoms. The van der Waals surface area contributed by atoms with Crippen LogP contribution in [0, 0.1) is 18.2 Å². The third-order valence-corrected chi connectivity index (χ3v) is 1.54. The average molecular weight is 210 g/mol. The highest BCUT2D eigenvalue weighted by molar-refractivity contribution is 5.27. The maximum atomic E-state index is 13.2. The third-order valence-electron chi connectivity index (χ3n) is 1.54. The number of hydrogen-bond donors (Lipinski definition) is 2. The fourth-order valence-electron chi connectivity index (χ4n) is 0.764. The first-order valence-electron chi connectivity index (χ1n) is 4.14. The first-order valence-corrected chi connectivity index (χ1v) is 4.14. The number of hydrazine groups is 1. The Kier molecular flexibility index (Phi) is 3.07. The van der Waals surface area contributed by atoms with Crippen molar-refractivity contribution in [3.63, 3.8) is 0 Å². The second kappa shape index (κ2) is 4.11. The maximum absolute atomic E-state index is 13.2. The van der Waals surface area contributed by atoms with Crippen LogP contribution in [0.15, 0.2) is 6.20 Å². The van der Waals surface area contributed by atoms with E-state index in [1.165, 1.54) is 0 Å². The predicted molar refractivity (Wildman–Crippen MR) is 53.3 cm³/mol. The molecule has 1 aromatic heterocycles. The molecule has 0 aliphatic heterocycles. The van der Waals surface area contributed by atoms with Crippen molar-refractivity contribution in [1.82, 2.24) is 9.97 Å². The maximum Gasteiger partial charge on any atom is 0.256 e. The molecule has 3 N–H and O–H groups in total. The van der Waals surface area contributed by atoms with Crippen LogP contribution in [0.2, 0.25) is 0 Å². The van der Waals surface area contributed by atoms with Crippen LogP contribution in [-0.2, 0) is 0 Å². The summed E-state index contributed by atoms with van der Waals surface area (Å²) in [6, 6.07) is 0. The highest BCUT2D eigenvalue weighted by atomic mass is 19.1. The Morgan fingerprint density at radius 2 is 2.33 bits per heavy atom. The Morgan fingerprint density at radius 3 is 2.87 bits per heavy atom. The summed E-state index contributed by atoms with van der Waals surface area (Å²) in [5.74, 6) is 6.55. The van der Waals surface area contributed by atoms with Crippen molar-refractivity contribution in [3.05, 3.63) is 12.0 Å². The standard InChI is InChI=1S/C9H11FN4O/c1-4-9(2,3)15-7-6(10)5-12-8(13-7)14-11/h1,5H,11H2,2-3H3,(H,12,13,14). The minimum atomic E-state index is -0.943. The van der Waals surface area contributed by atoms with Gasteiger partial charge in [-0.1, -0.05) is 5.92 Å². The quantitative estimate of drug-likeness (QED) is 0.436. The summed E-state index contributed by atoms with van der Waals surface area (Å²) in [4.78, 5) is 7.24. The third kappa shape index (κ3) is 2.79. The van der Waals surface area contributed by atoms with E-state index in [0.717, 1.165) is 6.20 Å². The van der Waals surface area contributed by atoms with E-state index in [9.17, 15) is 4.39 Å². The van der Waals surface area contributed by atoms with Gasteiger partial charge in [0.2, 0.25) is 11.8 Å². The molecule has 1 aromatic rings. The number of hydrogen-bond acceptors (Lipinski definition) is 5. The minimum absolute atomic E-state index is 0.0548. The highest BCUT2D eigenvalue weighted by Crippen LogP contribution is 2.19. The van der Waals surface area contributed by atoms with E-state index in [2.05, 4.69) is 21.3 Å². The lowest BCUT2D eigenvalue weighted by Crippen LogP contribution is -2.27. The van der Waals surface area contributed by atoms with E-state index in [0.29, 0.717) is 0 Å². The molecule has 15 heavy (non-hydrogen) atoms. The zero-order chi connectivity index (χ0) is 11.5. The van der Waals surface area contributed by atoms with Gasteiger partial charge in [-0.3, -0.25) is 5.43 Å². The zero-order valence-electron chi connectivity index (χ0n) is 8.41. The Hall–Kier alpha value is -1.87. The van der Waals surface area contributed by atoms with E-state index < -0.39 is 11.4 Å². The topological polar surface area (TPSA) is 73.1 Å². The Morgan fingerprint density at radius 1 is 1.67 bits per heavy atom. The highest BCUT2D eigenvalue weighted by Gasteiger charge is 2.19. The molecule has 0 aliphatic carbocycles. The monoisotopic (exact) mass is 210 g/mol. The first kappa shape index (κ1) is 11.2. The summed E-state index contributed by atoms with van der Waals surface area (Å²) in [5.41, 5.74) is 1.23. The van der Waals surface area contributed by atoms with Crippen LogP contribution in [0.5, 0.6) is 5.88 Å². The van der Waals surface area contributed by atoms with Gasteiger partial charge in [-0.15, -0.1) is 6.42 Å². The van der Waals surface area contributed by atoms with Crippen LogP contribution in [0.3, 0.4) is 0 Å². The first-order chi connectivity index (χ1) is 6.98. The van der Waals surface area contributed by atoms with E-state index in [-0.39, 0.29) is 11.8 Å². The molecular formula is C9H11FN4O. The van der Waals surface area contributed by atoms with Gasteiger partial charge in [-0.25, -0.2) is 10.8 Å². The molecule has 0 atom stereocenters. The average Bonchev–Trinajstić information content (AvgIpc) is 2.21. The number of aromatic nitrogens is 2. The number of halogens is 1. The van der Waals surface area contributed by atoms with Crippen LogP contribution in [-0.4, -0.2) is 15.6 Å². The number of nitrogens with zero attached hydrogens (tertiary/aromatic N) is 2. The molecule has 0 aliphatic rings. The van der Waals surface area contributed by atoms with Gasteiger partial charge in [0.1, 0.15) is 0 Å². The van der Waals surface area contributed by atoms with Crippen LogP contribution >= 0.6 is 0 Å². The normalized spacial score (nSPS) is 10.6. The van der Waals surface area contributed by atoms with Crippen molar-refractivity contribution in [2.75, 3.05) is 5.43 Å². The predicted octanol–water partition coefficient (Wildman–Crippen LogP) is 0.692. The summed E-state index contributed by atoms with van der Waals surface area (Å²) in [5, 5.41) is 0. The van der Waals surface area contributed by atoms with Crippen molar-refractivity contribution in [2.24, 2.45) is 5.84 Å². The van der Waals surface area contributed by atoms with Crippen LogP contribution in [0.25, 0.3) is 0 Å². The van der Waals surface area contributed by atoms with Gasteiger partial charge in [-0.2, -0.15) is 9.37 Å². The lowest BCUT2D eigenvalue weighted by molar-refractivity contribution is 0.156. The van der Waals surface area contributed by atoms with Crippen LogP contribution < -0.4 is 16.0 Å². The molecule has 0 bridgehead atoms. The summed E-state index contributed by atoms with van der Waals surface area (Å²) < 4.78 is 18.4. The molecule has 1 heterocycles. The fourth-order valence-corrected chi connectivity index (χ4v) is 0.764. The van der Waals surface area contributed by atoms with Gasteiger partial charge in [0.05, 0.1) is 6.20 Å². The fraction of sp³-hybridized carbons (Fsp3) is 0.333. The van der Waals surface area contributed by atoms with Gasteiger partial charge in [0.25, 0.3) is 5.88 Å². The summed E-state index contributed by atoms with van der Waals surface area (Å²) in [6.07, 6.45) is 6.14. The van der Waals surface area contributed by atoms with E-state index in [4.69, 9.17) is 17.0 Å². The van der Waals surface area contributed by atoms with Crippen LogP contribution in [0.1, 0.15) is 13.8 Å². The number of nitrogens with one attached hydrogen (secondary N) is 1. The van der Waals surface area contributed by atoms with Gasteiger partial charge in [0, 0.05) is 0 Å². The minimum Gasteiger partial charge on any atom is -0.456 e. The van der Waals surface area contributed by atoms with Gasteiger partial charge in [0.15, 0.2) is 5.60 Å². The van der Waals surface area contributed by atoms with Crippen molar-refractivity contribution in [1.29, 1.82) is 0 Å². The van der Waals surface area contributed by atoms with Gasteiger partial charge in [-0.05, 0) is 13.8 Å². The molecule has 0 aromatic carbocycles. The Bertz CT molecular complexity index is 400. The van der Waals surface area contributed by atoms with Gasteiger partial charge >= 0.3 is 0 Å². The molecule has 5 nitrogen and oxygen atoms in total. The Labute approximate surface area is 86.8 Å². The molecule has 0 fully saturated rings. The van der Waals surface area contributed by atoms with E-state index >= 15 is 0 Å². The SMILES string of the molecule is C#CC(C)(C)Oc1nc(NN)ncc1F. The van der Waals surface area contributed by atoms with E-state index in [1.54, 1.807) is 13.8 Å². The molecule has 80 valence electrons. The lowest BCUT2D eigenvalue weighted by Gasteiger charge is -2.19. The van der Waals surface area contributed by atoms with Crippen LogP contribution in [0.4, 0.5) is 10.3 Å². The van der Waals surface area contributed by atoms with Crippen molar-refractivity contribution >= 4 is 5.95 Å². The number of ether oxygens (including phenoxy) is 1. The summed E-state index contributed by atoms with van der Waals surface area (Å²) in [6.45, 7) is 3.23. The van der Waals surface area contributed by atoms with Crippen molar-refractivity contribution < 1.29 is 9.13 Å². The molecule has 0 radical (unpaired) electrons. The number of rotatable bonds is 3. The molecule has 1 rings (SSSR count). The second-order valence-electron chi connectivity index (χ2n) is 3.25. The molecule has 0 saturated heterocycles. The smallest absolute Gasteiger partial charge is 0.256 e. The number of terminal acetylenes is 1. The molecule has 0 spiro atoms. The summed E-state index contributed by atoms with van der Waals surface area (Å²) in [7, 11) is 0. The second-order valence-corrected chi connectivity index (χ2v) is 3.25. The Balaban J connectivity index is 2.99. The lowest BCUT2D eigenvalue weighted by atomic mass is 10.1. The van der Waals surface area contributed by atoms with E-state index in [1.807, 2.05) is 0 Å². The summed E-state index contributed by atoms with van der Waals surface area (Å²) >= 11 is 0. The molecule has 0 unspecified atom stereocenters. The van der Waals surface area contributed by atoms with Crippen molar-refractivity contribution in [2.45, 2.75) is 19.4 Å².